The van der Waals surface area contributed by atoms with Gasteiger partial charge in [0.15, 0.2) is 0 Å². The van der Waals surface area contributed by atoms with Crippen molar-refractivity contribution < 1.29 is 19.0 Å². The molecule has 0 amide bonds. The van der Waals surface area contributed by atoms with Crippen molar-refractivity contribution in [3.05, 3.63) is 29.6 Å². The molecular formula is C10H11FO3. The Balaban J connectivity index is 3.02. The second-order valence-corrected chi connectivity index (χ2v) is 2.72. The first-order valence-corrected chi connectivity index (χ1v) is 4.27. The third-order valence-electron chi connectivity index (χ3n) is 1.70. The van der Waals surface area contributed by atoms with Gasteiger partial charge in [-0.05, 0) is 19.1 Å². The van der Waals surface area contributed by atoms with Gasteiger partial charge in [-0.15, -0.1) is 0 Å². The van der Waals surface area contributed by atoms with Gasteiger partial charge in [-0.3, -0.25) is 4.79 Å². The maximum atomic E-state index is 13.2. The van der Waals surface area contributed by atoms with E-state index in [1.54, 1.807) is 13.0 Å². The second-order valence-electron chi connectivity index (χ2n) is 2.72. The van der Waals surface area contributed by atoms with Crippen LogP contribution in [0, 0.1) is 5.82 Å². The summed E-state index contributed by atoms with van der Waals surface area (Å²) < 4.78 is 18.3. The van der Waals surface area contributed by atoms with Crippen molar-refractivity contribution in [2.45, 2.75) is 13.3 Å². The summed E-state index contributed by atoms with van der Waals surface area (Å²) in [4.78, 5) is 10.5. The molecule has 0 radical (unpaired) electrons. The molecule has 1 rings (SSSR count). The lowest BCUT2D eigenvalue weighted by Gasteiger charge is -2.08. The summed E-state index contributed by atoms with van der Waals surface area (Å²) in [5.41, 5.74) is 0.0989. The van der Waals surface area contributed by atoms with E-state index in [0.717, 1.165) is 0 Å². The normalized spacial score (nSPS) is 9.86. The predicted octanol–water partition coefficient (Wildman–Crippen LogP) is 1.85. The number of carbonyl (C=O) groups is 1. The van der Waals surface area contributed by atoms with Crippen LogP contribution in [0.2, 0.25) is 0 Å². The van der Waals surface area contributed by atoms with Crippen LogP contribution in [0.3, 0.4) is 0 Å². The van der Waals surface area contributed by atoms with Gasteiger partial charge in [0.2, 0.25) is 0 Å². The van der Waals surface area contributed by atoms with Crippen molar-refractivity contribution in [1.29, 1.82) is 0 Å². The van der Waals surface area contributed by atoms with Gasteiger partial charge in [-0.1, -0.05) is 6.07 Å². The van der Waals surface area contributed by atoms with Gasteiger partial charge < -0.3 is 9.84 Å². The molecule has 0 saturated heterocycles. The number of carboxylic acids is 1. The van der Waals surface area contributed by atoms with Crippen LogP contribution in [0.1, 0.15) is 12.5 Å². The van der Waals surface area contributed by atoms with Crippen molar-refractivity contribution in [3.8, 4) is 5.75 Å². The molecule has 0 aliphatic carbocycles. The number of halogens is 1. The van der Waals surface area contributed by atoms with E-state index in [1.807, 2.05) is 0 Å². The van der Waals surface area contributed by atoms with Crippen molar-refractivity contribution in [2.75, 3.05) is 6.61 Å². The summed E-state index contributed by atoms with van der Waals surface area (Å²) in [6.45, 7) is 2.14. The van der Waals surface area contributed by atoms with Crippen molar-refractivity contribution >= 4 is 5.97 Å². The van der Waals surface area contributed by atoms with E-state index in [-0.39, 0.29) is 12.0 Å². The van der Waals surface area contributed by atoms with Crippen LogP contribution < -0.4 is 4.74 Å². The van der Waals surface area contributed by atoms with Crippen LogP contribution >= 0.6 is 0 Å². The number of carboxylic acid groups (broad SMARTS) is 1. The Hall–Kier alpha value is -1.58. The Labute approximate surface area is 81.1 Å². The molecule has 0 aliphatic heterocycles. The lowest BCUT2D eigenvalue weighted by molar-refractivity contribution is -0.136. The highest BCUT2D eigenvalue weighted by Crippen LogP contribution is 2.21. The van der Waals surface area contributed by atoms with Gasteiger partial charge in [0, 0.05) is 5.56 Å². The lowest BCUT2D eigenvalue weighted by atomic mass is 10.1. The van der Waals surface area contributed by atoms with E-state index in [9.17, 15) is 9.18 Å². The summed E-state index contributed by atoms with van der Waals surface area (Å²) >= 11 is 0. The van der Waals surface area contributed by atoms with Crippen molar-refractivity contribution in [1.82, 2.24) is 0 Å². The molecule has 3 nitrogen and oxygen atoms in total. The summed E-state index contributed by atoms with van der Waals surface area (Å²) in [6, 6.07) is 4.28. The molecule has 1 aromatic rings. The second kappa shape index (κ2) is 4.60. The van der Waals surface area contributed by atoms with Crippen LogP contribution in [-0.4, -0.2) is 17.7 Å². The van der Waals surface area contributed by atoms with Crippen molar-refractivity contribution in [2.24, 2.45) is 0 Å². The van der Waals surface area contributed by atoms with Crippen LogP contribution in [0.4, 0.5) is 4.39 Å². The highest BCUT2D eigenvalue weighted by atomic mass is 19.1. The Bertz CT molecular complexity index is 336. The molecule has 0 aromatic heterocycles. The summed E-state index contributed by atoms with van der Waals surface area (Å²) in [5.74, 6) is -1.32. The molecular weight excluding hydrogens is 187 g/mol. The molecule has 4 heteroatoms. The molecule has 0 saturated carbocycles. The number of hydrogen-bond acceptors (Lipinski definition) is 2. The number of hydrogen-bond donors (Lipinski definition) is 1. The molecule has 76 valence electrons. The van der Waals surface area contributed by atoms with Gasteiger partial charge in [0.1, 0.15) is 11.6 Å². The fourth-order valence-corrected chi connectivity index (χ4v) is 1.15. The van der Waals surface area contributed by atoms with Crippen molar-refractivity contribution in [3.63, 3.8) is 0 Å². The van der Waals surface area contributed by atoms with Gasteiger partial charge in [0.05, 0.1) is 13.0 Å². The number of benzene rings is 1. The highest BCUT2D eigenvalue weighted by molar-refractivity contribution is 5.71. The smallest absolute Gasteiger partial charge is 0.308 e. The SMILES string of the molecule is CCOc1cccc(F)c1CC(=O)O. The van der Waals surface area contributed by atoms with Crippen LogP contribution in [0.15, 0.2) is 18.2 Å². The van der Waals surface area contributed by atoms with Crippen LogP contribution in [0.5, 0.6) is 5.75 Å². The first-order chi connectivity index (χ1) is 6.65. The summed E-state index contributed by atoms with van der Waals surface area (Å²) in [6.07, 6.45) is -0.359. The van der Waals surface area contributed by atoms with Gasteiger partial charge in [0.25, 0.3) is 0 Å². The van der Waals surface area contributed by atoms with E-state index in [0.29, 0.717) is 12.4 Å². The minimum absolute atomic E-state index is 0.0989. The molecule has 0 bridgehead atoms. The van der Waals surface area contributed by atoms with Gasteiger partial charge in [-0.25, -0.2) is 4.39 Å². The molecule has 0 spiro atoms. The molecule has 0 unspecified atom stereocenters. The third-order valence-corrected chi connectivity index (χ3v) is 1.70. The zero-order valence-electron chi connectivity index (χ0n) is 7.79. The Kier molecular flexibility index (Phi) is 3.45. The number of ether oxygens (including phenoxy) is 1. The number of rotatable bonds is 4. The number of aliphatic carboxylic acids is 1. The molecule has 1 aromatic carbocycles. The molecule has 0 fully saturated rings. The highest BCUT2D eigenvalue weighted by Gasteiger charge is 2.12. The van der Waals surface area contributed by atoms with E-state index in [1.165, 1.54) is 12.1 Å². The van der Waals surface area contributed by atoms with Crippen LogP contribution in [0.25, 0.3) is 0 Å². The fourth-order valence-electron chi connectivity index (χ4n) is 1.15. The Morgan fingerprint density at radius 1 is 1.57 bits per heavy atom. The average Bonchev–Trinajstić information content (AvgIpc) is 2.11. The molecule has 0 aliphatic rings. The minimum atomic E-state index is -1.07. The fraction of sp³-hybridized carbons (Fsp3) is 0.300. The maximum absolute atomic E-state index is 13.2. The largest absolute Gasteiger partial charge is 0.493 e. The first-order valence-electron chi connectivity index (χ1n) is 4.27. The van der Waals surface area contributed by atoms with Gasteiger partial charge >= 0.3 is 5.97 Å². The Morgan fingerprint density at radius 2 is 2.29 bits per heavy atom. The molecule has 14 heavy (non-hydrogen) atoms. The quantitative estimate of drug-likeness (QED) is 0.803. The van der Waals surface area contributed by atoms with E-state index in [2.05, 4.69) is 0 Å². The Morgan fingerprint density at radius 3 is 2.86 bits per heavy atom. The molecule has 0 atom stereocenters. The first kappa shape index (κ1) is 10.5. The summed E-state index contributed by atoms with van der Waals surface area (Å²) in [7, 11) is 0. The summed E-state index contributed by atoms with van der Waals surface area (Å²) in [5, 5.41) is 8.56. The minimum Gasteiger partial charge on any atom is -0.493 e. The standard InChI is InChI=1S/C10H11FO3/c1-2-14-9-5-3-4-8(11)7(9)6-10(12)13/h3-5H,2,6H2,1H3,(H,12,13). The van der Waals surface area contributed by atoms with E-state index < -0.39 is 11.8 Å². The predicted molar refractivity (Wildman–Crippen MR) is 48.9 cm³/mol. The molecule has 0 heterocycles. The molecule has 1 N–H and O–H groups in total. The van der Waals surface area contributed by atoms with Crippen LogP contribution in [-0.2, 0) is 11.2 Å². The lowest BCUT2D eigenvalue weighted by Crippen LogP contribution is -2.06. The zero-order valence-corrected chi connectivity index (χ0v) is 7.79. The third kappa shape index (κ3) is 2.45. The monoisotopic (exact) mass is 198 g/mol. The van der Waals surface area contributed by atoms with E-state index in [4.69, 9.17) is 9.84 Å². The topological polar surface area (TPSA) is 46.5 Å². The van der Waals surface area contributed by atoms with Gasteiger partial charge in [-0.2, -0.15) is 0 Å². The average molecular weight is 198 g/mol. The zero-order chi connectivity index (χ0) is 10.6. The van der Waals surface area contributed by atoms with E-state index >= 15 is 0 Å². The maximum Gasteiger partial charge on any atom is 0.308 e.